The molecular weight excluding hydrogens is 260 g/mol. The van der Waals surface area contributed by atoms with Gasteiger partial charge >= 0.3 is 0 Å². The second-order valence-corrected chi connectivity index (χ2v) is 6.13. The van der Waals surface area contributed by atoms with Crippen molar-refractivity contribution in [1.82, 2.24) is 4.31 Å². The summed E-state index contributed by atoms with van der Waals surface area (Å²) in [6.45, 7) is 9.88. The molecule has 104 valence electrons. The van der Waals surface area contributed by atoms with Crippen LogP contribution < -0.4 is 5.73 Å². The zero-order valence-electron chi connectivity index (χ0n) is 11.2. The molecule has 0 atom stereocenters. The van der Waals surface area contributed by atoms with Crippen LogP contribution in [0.3, 0.4) is 0 Å². The lowest BCUT2D eigenvalue weighted by atomic mass is 10.1. The smallest absolute Gasteiger partial charge is 0.243 e. The molecule has 1 rings (SSSR count). The number of nitrogens with zero attached hydrogens (tertiary/aromatic N) is 1. The van der Waals surface area contributed by atoms with Crippen molar-refractivity contribution in [3.63, 3.8) is 0 Å². The Morgan fingerprint density at radius 3 is 2.32 bits per heavy atom. The lowest BCUT2D eigenvalue weighted by molar-refractivity contribution is 0.474. The average Bonchev–Trinajstić information content (AvgIpc) is 2.38. The number of hydrogen-bond donors (Lipinski definition) is 1. The average molecular weight is 280 g/mol. The molecule has 0 aliphatic rings. The van der Waals surface area contributed by atoms with E-state index >= 15 is 0 Å². The Morgan fingerprint density at radius 2 is 1.84 bits per heavy atom. The van der Waals surface area contributed by atoms with Crippen LogP contribution in [0.15, 0.2) is 48.4 Å². The van der Waals surface area contributed by atoms with Crippen LogP contribution >= 0.6 is 0 Å². The maximum atomic E-state index is 12.5. The molecule has 5 heteroatoms. The summed E-state index contributed by atoms with van der Waals surface area (Å²) >= 11 is 0. The maximum absolute atomic E-state index is 12.5. The highest BCUT2D eigenvalue weighted by Crippen LogP contribution is 2.19. The molecule has 0 aliphatic carbocycles. The van der Waals surface area contributed by atoms with Crippen LogP contribution in [0, 0.1) is 6.92 Å². The highest BCUT2D eigenvalue weighted by molar-refractivity contribution is 7.89. The van der Waals surface area contributed by atoms with Gasteiger partial charge in [0.25, 0.3) is 0 Å². The quantitative estimate of drug-likeness (QED) is 0.775. The minimum Gasteiger partial charge on any atom is -0.326 e. The molecule has 2 N–H and O–H groups in total. The second-order valence-electron chi connectivity index (χ2n) is 4.19. The summed E-state index contributed by atoms with van der Waals surface area (Å²) in [6.07, 6.45) is 3.11. The fourth-order valence-corrected chi connectivity index (χ4v) is 3.17. The SMILES string of the molecule is C=CCN(CC=C)S(=O)(=O)c1ccc(C)c(CN)c1. The van der Waals surface area contributed by atoms with Crippen molar-refractivity contribution in [1.29, 1.82) is 0 Å². The molecule has 1 aromatic carbocycles. The lowest BCUT2D eigenvalue weighted by Gasteiger charge is -2.19. The molecule has 0 saturated carbocycles. The molecular formula is C14H20N2O2S. The van der Waals surface area contributed by atoms with Crippen molar-refractivity contribution < 1.29 is 8.42 Å². The van der Waals surface area contributed by atoms with Crippen LogP contribution in [0.5, 0.6) is 0 Å². The summed E-state index contributed by atoms with van der Waals surface area (Å²) in [5, 5.41) is 0. The Balaban J connectivity index is 3.24. The number of sulfonamides is 1. The number of benzene rings is 1. The predicted molar refractivity (Wildman–Crippen MR) is 78.2 cm³/mol. The van der Waals surface area contributed by atoms with Crippen molar-refractivity contribution in [2.24, 2.45) is 5.73 Å². The number of hydrogen-bond acceptors (Lipinski definition) is 3. The molecule has 0 bridgehead atoms. The van der Waals surface area contributed by atoms with Crippen LogP contribution in [-0.2, 0) is 16.6 Å². The minimum atomic E-state index is -3.54. The van der Waals surface area contributed by atoms with Gasteiger partial charge in [0, 0.05) is 19.6 Å². The topological polar surface area (TPSA) is 63.4 Å². The first-order valence-electron chi connectivity index (χ1n) is 5.99. The van der Waals surface area contributed by atoms with E-state index in [2.05, 4.69) is 13.2 Å². The second kappa shape index (κ2) is 6.65. The standard InChI is InChI=1S/C14H20N2O2S/c1-4-8-16(9-5-2)19(17,18)14-7-6-12(3)13(10-14)11-15/h4-7,10H,1-2,8-9,11,15H2,3H3. The van der Waals surface area contributed by atoms with Crippen molar-refractivity contribution in [2.75, 3.05) is 13.1 Å². The third-order valence-electron chi connectivity index (χ3n) is 2.84. The number of nitrogens with two attached hydrogens (primary N) is 1. The Labute approximate surface area is 115 Å². The van der Waals surface area contributed by atoms with Gasteiger partial charge in [-0.2, -0.15) is 4.31 Å². The summed E-state index contributed by atoms with van der Waals surface area (Å²) in [6, 6.07) is 5.00. The highest BCUT2D eigenvalue weighted by Gasteiger charge is 2.22. The Hall–Kier alpha value is -1.43. The van der Waals surface area contributed by atoms with E-state index in [0.29, 0.717) is 6.54 Å². The lowest BCUT2D eigenvalue weighted by Crippen LogP contribution is -2.31. The Bertz CT molecular complexity index is 555. The van der Waals surface area contributed by atoms with Crippen molar-refractivity contribution in [3.05, 3.63) is 54.6 Å². The normalized spacial score (nSPS) is 11.5. The molecule has 0 aromatic heterocycles. The van der Waals surface area contributed by atoms with Gasteiger partial charge in [-0.25, -0.2) is 8.42 Å². The van der Waals surface area contributed by atoms with Gasteiger partial charge in [0.2, 0.25) is 10.0 Å². The van der Waals surface area contributed by atoms with E-state index in [0.717, 1.165) is 11.1 Å². The number of rotatable bonds is 7. The van der Waals surface area contributed by atoms with Crippen molar-refractivity contribution in [3.8, 4) is 0 Å². The molecule has 0 fully saturated rings. The summed E-state index contributed by atoms with van der Waals surface area (Å²) in [7, 11) is -3.54. The molecule has 0 aliphatic heterocycles. The van der Waals surface area contributed by atoms with Crippen LogP contribution in [0.4, 0.5) is 0 Å². The van der Waals surface area contributed by atoms with Crippen molar-refractivity contribution >= 4 is 10.0 Å². The first kappa shape index (κ1) is 15.6. The molecule has 4 nitrogen and oxygen atoms in total. The van der Waals surface area contributed by atoms with Gasteiger partial charge < -0.3 is 5.73 Å². The molecule has 0 heterocycles. The zero-order chi connectivity index (χ0) is 14.5. The summed E-state index contributed by atoms with van der Waals surface area (Å²) in [5.41, 5.74) is 7.43. The number of aryl methyl sites for hydroxylation is 1. The first-order chi connectivity index (χ1) is 8.97. The molecule has 0 unspecified atom stereocenters. The van der Waals surface area contributed by atoms with E-state index in [1.807, 2.05) is 6.92 Å². The van der Waals surface area contributed by atoms with E-state index < -0.39 is 10.0 Å². The van der Waals surface area contributed by atoms with E-state index in [-0.39, 0.29) is 18.0 Å². The molecule has 19 heavy (non-hydrogen) atoms. The van der Waals surface area contributed by atoms with Gasteiger partial charge in [0.1, 0.15) is 0 Å². The highest BCUT2D eigenvalue weighted by atomic mass is 32.2. The van der Waals surface area contributed by atoms with Gasteiger partial charge in [0.05, 0.1) is 4.90 Å². The molecule has 0 spiro atoms. The maximum Gasteiger partial charge on any atom is 0.243 e. The van der Waals surface area contributed by atoms with Gasteiger partial charge in [0.15, 0.2) is 0 Å². The van der Waals surface area contributed by atoms with E-state index in [1.165, 1.54) is 4.31 Å². The summed E-state index contributed by atoms with van der Waals surface area (Å²) in [5.74, 6) is 0. The van der Waals surface area contributed by atoms with E-state index in [1.54, 1.807) is 30.4 Å². The molecule has 1 aromatic rings. The summed E-state index contributed by atoms with van der Waals surface area (Å²) in [4.78, 5) is 0.252. The van der Waals surface area contributed by atoms with Crippen molar-refractivity contribution in [2.45, 2.75) is 18.4 Å². The Kier molecular flexibility index (Phi) is 5.47. The fraction of sp³-hybridized carbons (Fsp3) is 0.286. The summed E-state index contributed by atoms with van der Waals surface area (Å²) < 4.78 is 26.3. The van der Waals surface area contributed by atoms with Crippen LogP contribution in [0.2, 0.25) is 0 Å². The van der Waals surface area contributed by atoms with Gasteiger partial charge in [-0.1, -0.05) is 18.2 Å². The van der Waals surface area contributed by atoms with E-state index in [9.17, 15) is 8.42 Å². The molecule has 0 amide bonds. The first-order valence-corrected chi connectivity index (χ1v) is 7.43. The van der Waals surface area contributed by atoms with E-state index in [4.69, 9.17) is 5.73 Å². The van der Waals surface area contributed by atoms with Gasteiger partial charge in [-0.05, 0) is 30.2 Å². The fourth-order valence-electron chi connectivity index (χ4n) is 1.74. The minimum absolute atomic E-state index is 0.250. The van der Waals surface area contributed by atoms with Crippen LogP contribution in [0.25, 0.3) is 0 Å². The largest absolute Gasteiger partial charge is 0.326 e. The molecule has 0 saturated heterocycles. The van der Waals surface area contributed by atoms with Crippen LogP contribution in [0.1, 0.15) is 11.1 Å². The van der Waals surface area contributed by atoms with Gasteiger partial charge in [-0.15, -0.1) is 13.2 Å². The third-order valence-corrected chi connectivity index (χ3v) is 4.67. The predicted octanol–water partition coefficient (Wildman–Crippen LogP) is 1.82. The zero-order valence-corrected chi connectivity index (χ0v) is 12.0. The Morgan fingerprint density at radius 1 is 1.26 bits per heavy atom. The monoisotopic (exact) mass is 280 g/mol. The van der Waals surface area contributed by atoms with Gasteiger partial charge in [-0.3, -0.25) is 0 Å². The van der Waals surface area contributed by atoms with Crippen LogP contribution in [-0.4, -0.2) is 25.8 Å². The molecule has 0 radical (unpaired) electrons. The third kappa shape index (κ3) is 3.53.